The lowest BCUT2D eigenvalue weighted by Gasteiger charge is -2.08. The van der Waals surface area contributed by atoms with Gasteiger partial charge in [-0.05, 0) is 18.2 Å². The molecule has 1 heterocycles. The molecule has 0 N–H and O–H groups in total. The fraction of sp³-hybridized carbons (Fsp3) is 0.143. The third-order valence-electron chi connectivity index (χ3n) is 2.70. The second-order valence-corrected chi connectivity index (χ2v) is 4.28. The van der Waals surface area contributed by atoms with Gasteiger partial charge in [0.2, 0.25) is 0 Å². The molecule has 0 aliphatic heterocycles. The Morgan fingerprint density at radius 1 is 1.42 bits per heavy atom. The third-order valence-corrected chi connectivity index (χ3v) is 3.06. The number of ketones is 1. The van der Waals surface area contributed by atoms with Gasteiger partial charge >= 0.3 is 0 Å². The minimum atomic E-state index is -0.492. The van der Waals surface area contributed by atoms with Crippen molar-refractivity contribution in [2.24, 2.45) is 0 Å². The van der Waals surface area contributed by atoms with E-state index in [1.165, 1.54) is 37.7 Å². The van der Waals surface area contributed by atoms with Crippen molar-refractivity contribution in [3.8, 4) is 5.75 Å². The second-order valence-electron chi connectivity index (χ2n) is 3.88. The molecule has 0 saturated heterocycles. The Hall–Kier alpha value is -1.94. The van der Waals surface area contributed by atoms with E-state index in [0.29, 0.717) is 11.3 Å². The predicted molar refractivity (Wildman–Crippen MR) is 70.2 cm³/mol. The molecule has 19 heavy (non-hydrogen) atoms. The molecule has 0 saturated carbocycles. The van der Waals surface area contributed by atoms with Gasteiger partial charge in [0.05, 0.1) is 18.9 Å². The first-order valence-electron chi connectivity index (χ1n) is 5.57. The number of pyridine rings is 1. The van der Waals surface area contributed by atoms with E-state index in [1.807, 2.05) is 0 Å². The van der Waals surface area contributed by atoms with Gasteiger partial charge in [-0.25, -0.2) is 4.39 Å². The highest BCUT2D eigenvalue weighted by atomic mass is 35.5. The fourth-order valence-corrected chi connectivity index (χ4v) is 1.96. The Labute approximate surface area is 115 Å². The first-order valence-corrected chi connectivity index (χ1v) is 5.95. The molecule has 0 spiro atoms. The largest absolute Gasteiger partial charge is 0.494 e. The van der Waals surface area contributed by atoms with Gasteiger partial charge in [-0.3, -0.25) is 9.78 Å². The van der Waals surface area contributed by atoms with Crippen molar-refractivity contribution in [2.45, 2.75) is 6.42 Å². The molecule has 0 atom stereocenters. The highest BCUT2D eigenvalue weighted by Gasteiger charge is 2.16. The quantitative estimate of drug-likeness (QED) is 0.806. The first kappa shape index (κ1) is 13.5. The second kappa shape index (κ2) is 5.80. The minimum absolute atomic E-state index is 0.119. The van der Waals surface area contributed by atoms with Gasteiger partial charge in [-0.1, -0.05) is 17.7 Å². The highest BCUT2D eigenvalue weighted by Crippen LogP contribution is 2.23. The van der Waals surface area contributed by atoms with Crippen LogP contribution in [0.4, 0.5) is 4.39 Å². The molecule has 2 rings (SSSR count). The fourth-order valence-electron chi connectivity index (χ4n) is 1.73. The molecule has 0 aliphatic rings. The monoisotopic (exact) mass is 279 g/mol. The molecular weight excluding hydrogens is 269 g/mol. The zero-order valence-corrected chi connectivity index (χ0v) is 10.9. The van der Waals surface area contributed by atoms with Crippen LogP contribution >= 0.6 is 11.6 Å². The van der Waals surface area contributed by atoms with Gasteiger partial charge in [-0.15, -0.1) is 0 Å². The highest BCUT2D eigenvalue weighted by molar-refractivity contribution is 6.31. The van der Waals surface area contributed by atoms with Crippen LogP contribution in [-0.2, 0) is 6.42 Å². The Kier molecular flexibility index (Phi) is 4.12. The van der Waals surface area contributed by atoms with Crippen molar-refractivity contribution < 1.29 is 13.9 Å². The number of nitrogens with zero attached hydrogens (tertiary/aromatic N) is 1. The molecule has 0 bridgehead atoms. The van der Waals surface area contributed by atoms with E-state index in [2.05, 4.69) is 4.98 Å². The maximum absolute atomic E-state index is 13.6. The molecule has 0 amide bonds. The molecule has 3 nitrogen and oxygen atoms in total. The Bertz CT molecular complexity index is 596. The summed E-state index contributed by atoms with van der Waals surface area (Å²) in [5.74, 6) is -0.403. The zero-order chi connectivity index (χ0) is 13.8. The van der Waals surface area contributed by atoms with Crippen LogP contribution in [0.2, 0.25) is 5.02 Å². The van der Waals surface area contributed by atoms with Crippen molar-refractivity contribution in [3.05, 3.63) is 58.6 Å². The van der Waals surface area contributed by atoms with Crippen molar-refractivity contribution in [1.82, 2.24) is 4.98 Å². The molecule has 0 aliphatic carbocycles. The summed E-state index contributed by atoms with van der Waals surface area (Å²) in [6, 6.07) is 5.86. The van der Waals surface area contributed by atoms with E-state index in [9.17, 15) is 9.18 Å². The topological polar surface area (TPSA) is 39.2 Å². The number of ether oxygens (including phenoxy) is 1. The molecular formula is C14H11ClFNO2. The maximum atomic E-state index is 13.6. The number of halogens is 2. The first-order chi connectivity index (χ1) is 9.13. The Morgan fingerprint density at radius 3 is 2.89 bits per heavy atom. The van der Waals surface area contributed by atoms with Gasteiger partial charge in [0.1, 0.15) is 11.6 Å². The van der Waals surface area contributed by atoms with Gasteiger partial charge < -0.3 is 4.74 Å². The van der Waals surface area contributed by atoms with Gasteiger partial charge in [0.25, 0.3) is 0 Å². The molecule has 5 heteroatoms. The number of hydrogen-bond donors (Lipinski definition) is 0. The van der Waals surface area contributed by atoms with Crippen LogP contribution in [0, 0.1) is 5.82 Å². The molecule has 0 unspecified atom stereocenters. The van der Waals surface area contributed by atoms with E-state index in [0.717, 1.165) is 0 Å². The van der Waals surface area contributed by atoms with Crippen LogP contribution in [0.3, 0.4) is 0 Å². The lowest BCUT2D eigenvalue weighted by Crippen LogP contribution is -2.08. The molecule has 2 aromatic rings. The van der Waals surface area contributed by atoms with Gasteiger partial charge in [-0.2, -0.15) is 0 Å². The number of carbonyl (C=O) groups is 1. The number of benzene rings is 1. The van der Waals surface area contributed by atoms with Crippen molar-refractivity contribution in [2.75, 3.05) is 7.11 Å². The summed E-state index contributed by atoms with van der Waals surface area (Å²) in [4.78, 5) is 16.0. The van der Waals surface area contributed by atoms with Crippen LogP contribution < -0.4 is 4.74 Å². The number of aromatic nitrogens is 1. The Balaban J connectivity index is 2.31. The van der Waals surface area contributed by atoms with Crippen LogP contribution in [-0.4, -0.2) is 17.9 Å². The Morgan fingerprint density at radius 2 is 2.21 bits per heavy atom. The molecule has 0 radical (unpaired) electrons. The SMILES string of the molecule is COc1cnccc1C(=O)Cc1c(F)cccc1Cl. The summed E-state index contributed by atoms with van der Waals surface area (Å²) in [6.07, 6.45) is 2.81. The number of rotatable bonds is 4. The average molecular weight is 280 g/mol. The summed E-state index contributed by atoms with van der Waals surface area (Å²) in [5.41, 5.74) is 0.546. The maximum Gasteiger partial charge on any atom is 0.171 e. The molecule has 1 aromatic carbocycles. The van der Waals surface area contributed by atoms with Gasteiger partial charge in [0.15, 0.2) is 5.78 Å². The number of carbonyl (C=O) groups excluding carboxylic acids is 1. The van der Waals surface area contributed by atoms with Crippen LogP contribution in [0.5, 0.6) is 5.75 Å². The molecule has 1 aromatic heterocycles. The lowest BCUT2D eigenvalue weighted by atomic mass is 10.0. The number of methoxy groups -OCH3 is 1. The van der Waals surface area contributed by atoms with Crippen molar-refractivity contribution >= 4 is 17.4 Å². The average Bonchev–Trinajstić information content (AvgIpc) is 2.42. The van der Waals surface area contributed by atoms with E-state index in [1.54, 1.807) is 6.07 Å². The summed E-state index contributed by atoms with van der Waals surface area (Å²) < 4.78 is 18.7. The summed E-state index contributed by atoms with van der Waals surface area (Å²) >= 11 is 5.90. The standard InChI is InChI=1S/C14H11ClFNO2/c1-19-14-8-17-6-5-9(14)13(18)7-10-11(15)3-2-4-12(10)16/h2-6,8H,7H2,1H3. The summed E-state index contributed by atoms with van der Waals surface area (Å²) in [5, 5.41) is 0.237. The smallest absolute Gasteiger partial charge is 0.171 e. The zero-order valence-electron chi connectivity index (χ0n) is 10.2. The van der Waals surface area contributed by atoms with Crippen LogP contribution in [0.1, 0.15) is 15.9 Å². The van der Waals surface area contributed by atoms with E-state index < -0.39 is 5.82 Å². The summed E-state index contributed by atoms with van der Waals surface area (Å²) in [6.45, 7) is 0. The van der Waals surface area contributed by atoms with Crippen LogP contribution in [0.15, 0.2) is 36.7 Å². The predicted octanol–water partition coefficient (Wildman–Crippen LogP) is 3.31. The molecule has 98 valence electrons. The van der Waals surface area contributed by atoms with Gasteiger partial charge in [0, 0.05) is 23.2 Å². The molecule has 0 fully saturated rings. The third kappa shape index (κ3) is 2.90. The van der Waals surface area contributed by atoms with E-state index in [4.69, 9.17) is 16.3 Å². The summed E-state index contributed by atoms with van der Waals surface area (Å²) in [7, 11) is 1.45. The normalized spacial score (nSPS) is 10.3. The van der Waals surface area contributed by atoms with Crippen molar-refractivity contribution in [1.29, 1.82) is 0 Å². The lowest BCUT2D eigenvalue weighted by molar-refractivity contribution is 0.0988. The van der Waals surface area contributed by atoms with Crippen molar-refractivity contribution in [3.63, 3.8) is 0 Å². The van der Waals surface area contributed by atoms with E-state index in [-0.39, 0.29) is 22.8 Å². The number of Topliss-reactive ketones (excluding diaryl/α,β-unsaturated/α-hetero) is 1. The van der Waals surface area contributed by atoms with E-state index >= 15 is 0 Å². The minimum Gasteiger partial charge on any atom is -0.494 e. The van der Waals surface area contributed by atoms with Crippen LogP contribution in [0.25, 0.3) is 0 Å². The number of hydrogen-bond acceptors (Lipinski definition) is 3.